The molecule has 0 fully saturated rings. The molecular weight excluding hydrogens is 1110 g/mol. The second kappa shape index (κ2) is 24.2. The number of anilines is 2. The molecule has 4 heteroatoms. The second-order valence-corrected chi connectivity index (χ2v) is 28.6. The molecule has 10 aromatic rings. The van der Waals surface area contributed by atoms with Gasteiger partial charge in [0.2, 0.25) is 11.4 Å². The Kier molecular flexibility index (Phi) is 15.9. The van der Waals surface area contributed by atoms with Gasteiger partial charge in [0.1, 0.15) is 13.1 Å². The Bertz CT molecular complexity index is 4440. The van der Waals surface area contributed by atoms with Crippen molar-refractivity contribution in [2.24, 2.45) is 11.8 Å². The maximum Gasteiger partial charge on any atom is 0.210 e. The van der Waals surface area contributed by atoms with E-state index in [1.165, 1.54) is 122 Å². The van der Waals surface area contributed by atoms with E-state index < -0.39 is 0 Å². The van der Waals surface area contributed by atoms with Gasteiger partial charge in [-0.2, -0.15) is 9.15 Å². The van der Waals surface area contributed by atoms with Gasteiger partial charge in [0, 0.05) is 95.9 Å². The summed E-state index contributed by atoms with van der Waals surface area (Å²) in [5.74, 6) is 1.14. The van der Waals surface area contributed by atoms with E-state index in [0.717, 1.165) is 51.6 Å². The molecule has 4 nitrogen and oxygen atoms in total. The molecule has 0 N–H and O–H groups in total. The van der Waals surface area contributed by atoms with Crippen molar-refractivity contribution < 1.29 is 9.15 Å². The van der Waals surface area contributed by atoms with E-state index in [4.69, 9.17) is 0 Å². The third-order valence-corrected chi connectivity index (χ3v) is 21.6. The molecule has 14 rings (SSSR count). The Morgan fingerprint density at radius 1 is 0.370 bits per heavy atom. The third kappa shape index (κ3) is 10.3. The normalized spacial score (nSPS) is 22.1. The average molecular weight is 1200 g/mol. The van der Waals surface area contributed by atoms with Crippen molar-refractivity contribution in [3.63, 3.8) is 0 Å². The SMILES string of the molecule is CC(C)CC[N+]1=C(C=CC=C2N(C)c3ccc4ccccc4c3C2(C)CC=CCC2(C)/C(=C\C=C/C3=[N+](CCC(C)C)c4ccc5ccccc5c4C3(C)Cc3ccccc3)N(C)c3ccc4ccccc4c32)C(C)(Cc2ccccc2)c2c1ccc1ccccc21. The molecule has 4 unspecified atom stereocenters. The third-order valence-electron chi connectivity index (χ3n) is 21.6. The van der Waals surface area contributed by atoms with E-state index >= 15 is 0 Å². The zero-order chi connectivity index (χ0) is 63.5. The van der Waals surface area contributed by atoms with Crippen LogP contribution in [0.2, 0.25) is 0 Å². The number of hydrogen-bond acceptors (Lipinski definition) is 2. The van der Waals surface area contributed by atoms with Crippen LogP contribution in [-0.4, -0.2) is 47.8 Å². The van der Waals surface area contributed by atoms with Crippen LogP contribution in [0.15, 0.2) is 266 Å². The lowest BCUT2D eigenvalue weighted by molar-refractivity contribution is -0.439. The topological polar surface area (TPSA) is 12.5 Å². The van der Waals surface area contributed by atoms with Crippen molar-refractivity contribution in [3.8, 4) is 0 Å². The van der Waals surface area contributed by atoms with Gasteiger partial charge < -0.3 is 9.80 Å². The average Bonchev–Trinajstić information content (AvgIpc) is 1.67. The van der Waals surface area contributed by atoms with Crippen molar-refractivity contribution in [2.75, 3.05) is 37.0 Å². The summed E-state index contributed by atoms with van der Waals surface area (Å²) in [6.45, 7) is 21.4. The van der Waals surface area contributed by atoms with Gasteiger partial charge in [-0.15, -0.1) is 0 Å². The van der Waals surface area contributed by atoms with Crippen molar-refractivity contribution in [1.82, 2.24) is 0 Å². The first-order chi connectivity index (χ1) is 44.6. The predicted octanol–water partition coefficient (Wildman–Crippen LogP) is 21.3. The molecule has 0 radical (unpaired) electrons. The number of hydrogen-bond donors (Lipinski definition) is 0. The van der Waals surface area contributed by atoms with E-state index in [-0.39, 0.29) is 21.7 Å². The summed E-state index contributed by atoms with van der Waals surface area (Å²) >= 11 is 0. The Morgan fingerprint density at radius 2 is 0.696 bits per heavy atom. The molecule has 0 saturated carbocycles. The Labute approximate surface area is 547 Å². The molecule has 0 amide bonds. The maximum atomic E-state index is 2.67. The summed E-state index contributed by atoms with van der Waals surface area (Å²) in [5, 5.41) is 10.5. The van der Waals surface area contributed by atoms with E-state index in [2.05, 4.69) is 343 Å². The highest BCUT2D eigenvalue weighted by molar-refractivity contribution is 6.10. The zero-order valence-electron chi connectivity index (χ0n) is 55.8. The quantitative estimate of drug-likeness (QED) is 0.0627. The molecule has 92 heavy (non-hydrogen) atoms. The van der Waals surface area contributed by atoms with Gasteiger partial charge in [-0.3, -0.25) is 0 Å². The molecule has 4 aliphatic rings. The molecule has 0 saturated heterocycles. The summed E-state index contributed by atoms with van der Waals surface area (Å²) in [7, 11) is 4.59. The van der Waals surface area contributed by atoms with Crippen LogP contribution in [0.3, 0.4) is 0 Å². The molecule has 4 atom stereocenters. The lowest BCUT2D eigenvalue weighted by atomic mass is 9.72. The predicted molar refractivity (Wildman–Crippen MR) is 394 cm³/mol. The number of nitrogens with zero attached hydrogens (tertiary/aromatic N) is 4. The summed E-state index contributed by atoms with van der Waals surface area (Å²) in [6, 6.07) is 77.3. The van der Waals surface area contributed by atoms with E-state index in [9.17, 15) is 0 Å². The van der Waals surface area contributed by atoms with Gasteiger partial charge in [-0.05, 0) is 167 Å². The van der Waals surface area contributed by atoms with E-state index in [0.29, 0.717) is 11.8 Å². The van der Waals surface area contributed by atoms with Gasteiger partial charge >= 0.3 is 0 Å². The van der Waals surface area contributed by atoms with Crippen LogP contribution in [0.1, 0.15) is 114 Å². The molecule has 0 aromatic heterocycles. The fourth-order valence-corrected chi connectivity index (χ4v) is 17.0. The lowest BCUT2D eigenvalue weighted by Crippen LogP contribution is -2.34. The molecular formula is C88H90N4+2. The molecule has 0 bridgehead atoms. The van der Waals surface area contributed by atoms with Crippen molar-refractivity contribution in [1.29, 1.82) is 0 Å². The summed E-state index contributed by atoms with van der Waals surface area (Å²) in [4.78, 5) is 4.98. The molecule has 10 aromatic carbocycles. The van der Waals surface area contributed by atoms with Crippen LogP contribution in [0.5, 0.6) is 0 Å². The number of allylic oxidation sites excluding steroid dienone is 10. The summed E-state index contributed by atoms with van der Waals surface area (Å²) < 4.78 is 5.34. The zero-order valence-corrected chi connectivity index (χ0v) is 55.8. The van der Waals surface area contributed by atoms with E-state index in [1.54, 1.807) is 0 Å². The van der Waals surface area contributed by atoms with Crippen molar-refractivity contribution in [2.45, 2.75) is 116 Å². The van der Waals surface area contributed by atoms with E-state index in [1.807, 2.05) is 0 Å². The number of fused-ring (bicyclic) bond motifs is 12. The highest BCUT2D eigenvalue weighted by Crippen LogP contribution is 2.56. The number of benzene rings is 10. The van der Waals surface area contributed by atoms with Crippen molar-refractivity contribution in [3.05, 3.63) is 300 Å². The standard InChI is InChI=1S/C88H90N4/c1-61(2)53-57-91-75-51-47-67-35-19-23-39-71(67)83(75)87(7,59-63-29-13-11-14-30-63)79(91)43-27-41-77-85(5,81-69-37-21-17-33-65(69)45-49-73(81)89(77)9)55-25-26-56-86(6)78(90(10)74-50-46-66-34-18-22-38-70(66)82(74)86)42-28-44-80-88(8,60-64-31-15-12-16-32-64)84-72-40-24-20-36-68(72)48-52-76(84)92(80)58-54-62(3)4/h11-52,61-62H,53-60H2,1-10H3/q+2. The van der Waals surface area contributed by atoms with Crippen molar-refractivity contribution >= 4 is 77.3 Å². The highest BCUT2D eigenvalue weighted by atomic mass is 15.2. The van der Waals surface area contributed by atoms with Gasteiger partial charge in [0.15, 0.2) is 11.4 Å². The number of rotatable bonds is 18. The molecule has 460 valence electrons. The smallest absolute Gasteiger partial charge is 0.210 e. The number of likely N-dealkylation sites (N-methyl/N-ethyl adjacent to an activating group) is 2. The first-order valence-corrected chi connectivity index (χ1v) is 34.0. The van der Waals surface area contributed by atoms with Gasteiger partial charge in [-0.25, -0.2) is 0 Å². The highest BCUT2D eigenvalue weighted by Gasteiger charge is 2.51. The summed E-state index contributed by atoms with van der Waals surface area (Å²) in [5.41, 5.74) is 17.7. The Hall–Kier alpha value is -9.12. The van der Waals surface area contributed by atoms with Crippen LogP contribution in [0.25, 0.3) is 43.1 Å². The van der Waals surface area contributed by atoms with Gasteiger partial charge in [0.05, 0.1) is 10.8 Å². The van der Waals surface area contributed by atoms with Gasteiger partial charge in [0.25, 0.3) is 0 Å². The summed E-state index contributed by atoms with van der Waals surface area (Å²) in [6.07, 6.45) is 25.4. The minimum Gasteiger partial charge on any atom is -0.347 e. The fraction of sp³-hybridized carbons (Fsp3) is 0.273. The minimum atomic E-state index is -0.343. The molecule has 0 aliphatic carbocycles. The minimum absolute atomic E-state index is 0.277. The Balaban J connectivity index is 0.858. The molecule has 4 heterocycles. The second-order valence-electron chi connectivity index (χ2n) is 28.6. The van der Waals surface area contributed by atoms with Gasteiger partial charge in [-0.1, -0.05) is 222 Å². The largest absolute Gasteiger partial charge is 0.347 e. The van der Waals surface area contributed by atoms with Crippen LogP contribution in [0.4, 0.5) is 22.7 Å². The molecule has 0 spiro atoms. The van der Waals surface area contributed by atoms with Crippen LogP contribution in [-0.2, 0) is 34.5 Å². The van der Waals surface area contributed by atoms with Crippen LogP contribution >= 0.6 is 0 Å². The monoisotopic (exact) mass is 1200 g/mol. The first-order valence-electron chi connectivity index (χ1n) is 34.0. The molecule has 4 aliphatic heterocycles. The Morgan fingerprint density at radius 3 is 1.05 bits per heavy atom. The van der Waals surface area contributed by atoms with Crippen LogP contribution < -0.4 is 9.80 Å². The lowest BCUT2D eigenvalue weighted by Gasteiger charge is -2.30. The fourth-order valence-electron chi connectivity index (χ4n) is 17.0. The van der Waals surface area contributed by atoms with Crippen LogP contribution in [0, 0.1) is 11.8 Å². The maximum absolute atomic E-state index is 2.67. The first kappa shape index (κ1) is 60.4.